The fourth-order valence-electron chi connectivity index (χ4n) is 2.65. The summed E-state index contributed by atoms with van der Waals surface area (Å²) >= 11 is 1.75. The third-order valence-electron chi connectivity index (χ3n) is 3.79. The highest BCUT2D eigenvalue weighted by molar-refractivity contribution is 7.09. The van der Waals surface area contributed by atoms with Gasteiger partial charge < -0.3 is 4.90 Å². The Morgan fingerprint density at radius 1 is 1.25 bits per heavy atom. The lowest BCUT2D eigenvalue weighted by atomic mass is 9.97. The zero-order chi connectivity index (χ0) is 13.9. The topological polar surface area (TPSA) is 33.2 Å². The van der Waals surface area contributed by atoms with E-state index in [4.69, 9.17) is 0 Å². The summed E-state index contributed by atoms with van der Waals surface area (Å²) < 4.78 is 0. The average Bonchev–Trinajstić information content (AvgIpc) is 2.94. The lowest BCUT2D eigenvalue weighted by Gasteiger charge is -2.31. The SMILES string of the molecule is Cc1csc(C2CCN(C(=O)c3ccccc3)CC2)n1. The average molecular weight is 286 g/mol. The minimum Gasteiger partial charge on any atom is -0.339 e. The fraction of sp³-hybridized carbons (Fsp3) is 0.375. The molecule has 3 nitrogen and oxygen atoms in total. The lowest BCUT2D eigenvalue weighted by Crippen LogP contribution is -2.37. The first-order valence-electron chi connectivity index (χ1n) is 7.00. The van der Waals surface area contributed by atoms with Crippen molar-refractivity contribution in [1.82, 2.24) is 9.88 Å². The van der Waals surface area contributed by atoms with Crippen LogP contribution in [0.1, 0.15) is 39.8 Å². The standard InChI is InChI=1S/C16H18N2OS/c1-12-11-20-15(17-12)13-7-9-18(10-8-13)16(19)14-5-3-2-4-6-14/h2-6,11,13H,7-10H2,1H3. The predicted octanol–water partition coefficient (Wildman–Crippen LogP) is 3.47. The Balaban J connectivity index is 1.63. The molecule has 2 aromatic rings. The van der Waals surface area contributed by atoms with Gasteiger partial charge in [-0.05, 0) is 31.9 Å². The summed E-state index contributed by atoms with van der Waals surface area (Å²) in [4.78, 5) is 18.9. The number of carbonyl (C=O) groups excluding carboxylic acids is 1. The van der Waals surface area contributed by atoms with Crippen molar-refractivity contribution in [2.75, 3.05) is 13.1 Å². The molecule has 1 saturated heterocycles. The number of aromatic nitrogens is 1. The summed E-state index contributed by atoms with van der Waals surface area (Å²) in [5, 5.41) is 3.34. The second kappa shape index (κ2) is 5.75. The number of rotatable bonds is 2. The largest absolute Gasteiger partial charge is 0.339 e. The summed E-state index contributed by atoms with van der Waals surface area (Å²) in [7, 11) is 0. The maximum absolute atomic E-state index is 12.4. The molecule has 1 aliphatic rings. The molecular formula is C16H18N2OS. The van der Waals surface area contributed by atoms with Crippen LogP contribution in [0.3, 0.4) is 0 Å². The molecule has 2 heterocycles. The summed E-state index contributed by atoms with van der Waals surface area (Å²) in [5.74, 6) is 0.674. The third-order valence-corrected chi connectivity index (χ3v) is 4.91. The van der Waals surface area contributed by atoms with Gasteiger partial charge in [-0.2, -0.15) is 0 Å². The van der Waals surface area contributed by atoms with E-state index in [1.165, 1.54) is 5.01 Å². The quantitative estimate of drug-likeness (QED) is 0.847. The Hall–Kier alpha value is -1.68. The van der Waals surface area contributed by atoms with Crippen molar-refractivity contribution in [1.29, 1.82) is 0 Å². The minimum absolute atomic E-state index is 0.152. The minimum atomic E-state index is 0.152. The number of hydrogen-bond acceptors (Lipinski definition) is 3. The maximum atomic E-state index is 12.4. The van der Waals surface area contributed by atoms with E-state index in [1.807, 2.05) is 42.2 Å². The van der Waals surface area contributed by atoms with Crippen molar-refractivity contribution in [2.45, 2.75) is 25.7 Å². The number of carbonyl (C=O) groups is 1. The van der Waals surface area contributed by atoms with E-state index in [2.05, 4.69) is 10.4 Å². The Morgan fingerprint density at radius 3 is 2.55 bits per heavy atom. The van der Waals surface area contributed by atoms with Crippen LogP contribution in [-0.2, 0) is 0 Å². The molecule has 0 radical (unpaired) electrons. The highest BCUT2D eigenvalue weighted by Gasteiger charge is 2.25. The second-order valence-electron chi connectivity index (χ2n) is 5.26. The van der Waals surface area contributed by atoms with Crippen LogP contribution in [0.2, 0.25) is 0 Å². The van der Waals surface area contributed by atoms with Crippen molar-refractivity contribution < 1.29 is 4.79 Å². The number of likely N-dealkylation sites (tertiary alicyclic amines) is 1. The smallest absolute Gasteiger partial charge is 0.253 e. The molecule has 0 atom stereocenters. The summed E-state index contributed by atoms with van der Waals surface area (Å²) in [5.41, 5.74) is 1.89. The first-order valence-corrected chi connectivity index (χ1v) is 7.88. The van der Waals surface area contributed by atoms with E-state index >= 15 is 0 Å². The molecule has 0 unspecified atom stereocenters. The van der Waals surface area contributed by atoms with Gasteiger partial charge in [0.05, 0.1) is 5.01 Å². The summed E-state index contributed by atoms with van der Waals surface area (Å²) in [6.07, 6.45) is 2.04. The van der Waals surface area contributed by atoms with Crippen LogP contribution in [0.15, 0.2) is 35.7 Å². The van der Waals surface area contributed by atoms with Crippen LogP contribution in [-0.4, -0.2) is 28.9 Å². The Labute approximate surface area is 123 Å². The molecule has 0 bridgehead atoms. The van der Waals surface area contributed by atoms with Crippen molar-refractivity contribution >= 4 is 17.2 Å². The highest BCUT2D eigenvalue weighted by Crippen LogP contribution is 2.30. The van der Waals surface area contributed by atoms with Crippen molar-refractivity contribution in [3.8, 4) is 0 Å². The molecule has 104 valence electrons. The monoisotopic (exact) mass is 286 g/mol. The molecule has 1 aliphatic heterocycles. The van der Waals surface area contributed by atoms with Gasteiger partial charge in [-0.1, -0.05) is 18.2 Å². The molecule has 1 aromatic carbocycles. The van der Waals surface area contributed by atoms with Gasteiger partial charge in [0.2, 0.25) is 0 Å². The molecule has 1 amide bonds. The first kappa shape index (κ1) is 13.3. The summed E-state index contributed by atoms with van der Waals surface area (Å²) in [6, 6.07) is 9.54. The molecular weight excluding hydrogens is 268 g/mol. The number of aryl methyl sites for hydroxylation is 1. The zero-order valence-electron chi connectivity index (χ0n) is 11.6. The maximum Gasteiger partial charge on any atom is 0.253 e. The van der Waals surface area contributed by atoms with E-state index in [0.717, 1.165) is 37.2 Å². The lowest BCUT2D eigenvalue weighted by molar-refractivity contribution is 0.0713. The molecule has 0 saturated carbocycles. The highest BCUT2D eigenvalue weighted by atomic mass is 32.1. The van der Waals surface area contributed by atoms with Crippen molar-refractivity contribution in [2.24, 2.45) is 0 Å². The van der Waals surface area contributed by atoms with Gasteiger partial charge in [0.25, 0.3) is 5.91 Å². The number of piperidine rings is 1. The molecule has 0 spiro atoms. The van der Waals surface area contributed by atoms with Crippen LogP contribution >= 0.6 is 11.3 Å². The van der Waals surface area contributed by atoms with Crippen LogP contribution in [0.5, 0.6) is 0 Å². The molecule has 3 rings (SSSR count). The van der Waals surface area contributed by atoms with Crippen molar-refractivity contribution in [3.63, 3.8) is 0 Å². The van der Waals surface area contributed by atoms with E-state index in [-0.39, 0.29) is 5.91 Å². The van der Waals surface area contributed by atoms with Crippen LogP contribution < -0.4 is 0 Å². The number of benzene rings is 1. The first-order chi connectivity index (χ1) is 9.74. The number of thiazole rings is 1. The van der Waals surface area contributed by atoms with Gasteiger partial charge in [-0.15, -0.1) is 11.3 Å². The normalized spacial score (nSPS) is 16.4. The molecule has 0 N–H and O–H groups in total. The molecule has 1 aromatic heterocycles. The van der Waals surface area contributed by atoms with Crippen LogP contribution in [0, 0.1) is 6.92 Å². The molecule has 20 heavy (non-hydrogen) atoms. The Bertz CT molecular complexity index is 586. The van der Waals surface area contributed by atoms with Gasteiger partial charge in [-0.3, -0.25) is 4.79 Å². The predicted molar refractivity (Wildman–Crippen MR) is 81.2 cm³/mol. The summed E-state index contributed by atoms with van der Waals surface area (Å²) in [6.45, 7) is 3.70. The molecule has 0 aliphatic carbocycles. The van der Waals surface area contributed by atoms with Gasteiger partial charge in [0, 0.05) is 35.6 Å². The zero-order valence-corrected chi connectivity index (χ0v) is 12.4. The van der Waals surface area contributed by atoms with Crippen LogP contribution in [0.25, 0.3) is 0 Å². The number of amides is 1. The Kier molecular flexibility index (Phi) is 3.83. The van der Waals surface area contributed by atoms with Gasteiger partial charge in [-0.25, -0.2) is 4.98 Å². The van der Waals surface area contributed by atoms with E-state index in [1.54, 1.807) is 11.3 Å². The third kappa shape index (κ3) is 2.75. The van der Waals surface area contributed by atoms with Crippen molar-refractivity contribution in [3.05, 3.63) is 52.0 Å². The van der Waals surface area contributed by atoms with Crippen LogP contribution in [0.4, 0.5) is 0 Å². The van der Waals surface area contributed by atoms with Gasteiger partial charge >= 0.3 is 0 Å². The second-order valence-corrected chi connectivity index (χ2v) is 6.15. The fourth-order valence-corrected chi connectivity index (χ4v) is 3.62. The van der Waals surface area contributed by atoms with E-state index in [9.17, 15) is 4.79 Å². The van der Waals surface area contributed by atoms with Gasteiger partial charge in [0.1, 0.15) is 0 Å². The van der Waals surface area contributed by atoms with E-state index < -0.39 is 0 Å². The Morgan fingerprint density at radius 2 is 1.95 bits per heavy atom. The molecule has 4 heteroatoms. The molecule has 1 fully saturated rings. The van der Waals surface area contributed by atoms with Gasteiger partial charge in [0.15, 0.2) is 0 Å². The number of nitrogens with zero attached hydrogens (tertiary/aromatic N) is 2. The number of hydrogen-bond donors (Lipinski definition) is 0. The van der Waals surface area contributed by atoms with E-state index in [0.29, 0.717) is 5.92 Å².